The molecule has 1 fully saturated rings. The second-order valence-corrected chi connectivity index (χ2v) is 5.35. The molecule has 1 aliphatic carbocycles. The summed E-state index contributed by atoms with van der Waals surface area (Å²) in [5.41, 5.74) is 0. The van der Waals surface area contributed by atoms with Crippen molar-refractivity contribution >= 4 is 11.9 Å². The Bertz CT molecular complexity index is 313. The van der Waals surface area contributed by atoms with E-state index in [4.69, 9.17) is 5.11 Å². The number of carbonyl (C=O) groups is 2. The minimum atomic E-state index is -0.866. The van der Waals surface area contributed by atoms with Gasteiger partial charge in [0.05, 0.1) is 18.4 Å². The Hall–Kier alpha value is -1.10. The van der Waals surface area contributed by atoms with Crippen molar-refractivity contribution in [2.45, 2.75) is 39.5 Å². The fraction of sp³-hybridized carbons (Fsp3) is 0.857. The number of carboxylic acids is 1. The van der Waals surface area contributed by atoms with Gasteiger partial charge in [0.1, 0.15) is 0 Å². The van der Waals surface area contributed by atoms with Gasteiger partial charge in [-0.1, -0.05) is 20.3 Å². The van der Waals surface area contributed by atoms with Crippen molar-refractivity contribution in [3.63, 3.8) is 0 Å². The zero-order chi connectivity index (χ0) is 14.4. The van der Waals surface area contributed by atoms with Crippen LogP contribution in [0.4, 0.5) is 0 Å². The molecule has 0 radical (unpaired) electrons. The standard InChI is InChI=1S/C14H25NO4/c1-3-5-15(6-7-16)13(17)11-8-10(4-2)9-12(11)14(18)19/h10-12,16H,3-9H2,1-2H3,(H,18,19)/t10?,11-,12+/m0/s1. The van der Waals surface area contributed by atoms with Gasteiger partial charge < -0.3 is 15.1 Å². The van der Waals surface area contributed by atoms with Crippen LogP contribution in [0.25, 0.3) is 0 Å². The van der Waals surface area contributed by atoms with Crippen LogP contribution in [-0.2, 0) is 9.59 Å². The Balaban J connectivity index is 2.79. The van der Waals surface area contributed by atoms with Crippen molar-refractivity contribution < 1.29 is 19.8 Å². The first kappa shape index (κ1) is 16.0. The van der Waals surface area contributed by atoms with Crippen LogP contribution >= 0.6 is 0 Å². The van der Waals surface area contributed by atoms with Gasteiger partial charge in [-0.3, -0.25) is 9.59 Å². The van der Waals surface area contributed by atoms with E-state index in [-0.39, 0.29) is 12.5 Å². The van der Waals surface area contributed by atoms with E-state index < -0.39 is 17.8 Å². The molecule has 1 aliphatic rings. The summed E-state index contributed by atoms with van der Waals surface area (Å²) in [6.07, 6.45) is 2.99. The average molecular weight is 271 g/mol. The third-order valence-corrected chi connectivity index (χ3v) is 4.05. The van der Waals surface area contributed by atoms with Crippen LogP contribution < -0.4 is 0 Å². The summed E-state index contributed by atoms with van der Waals surface area (Å²) in [4.78, 5) is 25.4. The molecule has 3 atom stereocenters. The fourth-order valence-corrected chi connectivity index (χ4v) is 2.98. The molecule has 5 nitrogen and oxygen atoms in total. The number of aliphatic hydroxyl groups is 1. The van der Waals surface area contributed by atoms with E-state index in [1.807, 2.05) is 13.8 Å². The molecular formula is C14H25NO4. The lowest BCUT2D eigenvalue weighted by molar-refractivity contribution is -0.149. The zero-order valence-electron chi connectivity index (χ0n) is 11.8. The Morgan fingerprint density at radius 1 is 1.16 bits per heavy atom. The summed E-state index contributed by atoms with van der Waals surface area (Å²) in [6.45, 7) is 4.81. The van der Waals surface area contributed by atoms with Crippen molar-refractivity contribution in [2.75, 3.05) is 19.7 Å². The topological polar surface area (TPSA) is 77.8 Å². The van der Waals surface area contributed by atoms with Crippen LogP contribution in [0.3, 0.4) is 0 Å². The highest BCUT2D eigenvalue weighted by atomic mass is 16.4. The van der Waals surface area contributed by atoms with Gasteiger partial charge in [-0.15, -0.1) is 0 Å². The molecule has 1 saturated carbocycles. The molecule has 5 heteroatoms. The van der Waals surface area contributed by atoms with Crippen molar-refractivity contribution in [1.29, 1.82) is 0 Å². The van der Waals surface area contributed by atoms with Gasteiger partial charge in [0.2, 0.25) is 5.91 Å². The van der Waals surface area contributed by atoms with Crippen LogP contribution in [-0.4, -0.2) is 46.7 Å². The molecule has 0 heterocycles. The van der Waals surface area contributed by atoms with Gasteiger partial charge in [0.15, 0.2) is 0 Å². The maximum absolute atomic E-state index is 12.5. The first-order valence-corrected chi connectivity index (χ1v) is 7.17. The molecule has 110 valence electrons. The van der Waals surface area contributed by atoms with Gasteiger partial charge >= 0.3 is 5.97 Å². The second-order valence-electron chi connectivity index (χ2n) is 5.35. The Morgan fingerprint density at radius 2 is 1.79 bits per heavy atom. The molecule has 1 rings (SSSR count). The van der Waals surface area contributed by atoms with E-state index in [9.17, 15) is 14.7 Å². The van der Waals surface area contributed by atoms with E-state index in [0.29, 0.717) is 31.8 Å². The predicted molar refractivity (Wildman–Crippen MR) is 71.6 cm³/mol. The number of amides is 1. The summed E-state index contributed by atoms with van der Waals surface area (Å²) >= 11 is 0. The van der Waals surface area contributed by atoms with Gasteiger partial charge in [0, 0.05) is 13.1 Å². The molecule has 2 N–H and O–H groups in total. The SMILES string of the molecule is CCCN(CCO)C(=O)[C@H]1CC(CC)C[C@H]1C(=O)O. The summed E-state index contributed by atoms with van der Waals surface area (Å²) in [5.74, 6) is -1.61. The number of nitrogens with zero attached hydrogens (tertiary/aromatic N) is 1. The highest BCUT2D eigenvalue weighted by molar-refractivity contribution is 5.85. The van der Waals surface area contributed by atoms with E-state index in [2.05, 4.69) is 0 Å². The molecule has 1 unspecified atom stereocenters. The molecule has 0 aromatic carbocycles. The van der Waals surface area contributed by atoms with Crippen LogP contribution in [0.15, 0.2) is 0 Å². The summed E-state index contributed by atoms with van der Waals surface area (Å²) in [7, 11) is 0. The summed E-state index contributed by atoms with van der Waals surface area (Å²) in [5, 5.41) is 18.3. The highest BCUT2D eigenvalue weighted by Gasteiger charge is 2.43. The maximum Gasteiger partial charge on any atom is 0.307 e. The van der Waals surface area contributed by atoms with E-state index in [0.717, 1.165) is 12.8 Å². The molecule has 1 amide bonds. The maximum atomic E-state index is 12.5. The van der Waals surface area contributed by atoms with Crippen LogP contribution in [0.2, 0.25) is 0 Å². The number of aliphatic carboxylic acids is 1. The van der Waals surface area contributed by atoms with E-state index in [1.54, 1.807) is 4.90 Å². The van der Waals surface area contributed by atoms with E-state index in [1.165, 1.54) is 0 Å². The van der Waals surface area contributed by atoms with Crippen LogP contribution in [0.1, 0.15) is 39.5 Å². The predicted octanol–water partition coefficient (Wildman–Crippen LogP) is 1.35. The first-order chi connectivity index (χ1) is 9.04. The number of rotatable bonds is 7. The minimum absolute atomic E-state index is 0.0760. The van der Waals surface area contributed by atoms with Crippen LogP contribution in [0.5, 0.6) is 0 Å². The summed E-state index contributed by atoms with van der Waals surface area (Å²) < 4.78 is 0. The number of carbonyl (C=O) groups excluding carboxylic acids is 1. The second kappa shape index (κ2) is 7.48. The quantitative estimate of drug-likeness (QED) is 0.733. The van der Waals surface area contributed by atoms with Crippen molar-refractivity contribution in [2.24, 2.45) is 17.8 Å². The lowest BCUT2D eigenvalue weighted by Gasteiger charge is -2.26. The van der Waals surface area contributed by atoms with Gasteiger partial charge in [-0.2, -0.15) is 0 Å². The lowest BCUT2D eigenvalue weighted by Crippen LogP contribution is -2.41. The molecule has 0 spiro atoms. The fourth-order valence-electron chi connectivity index (χ4n) is 2.98. The Kier molecular flexibility index (Phi) is 6.28. The lowest BCUT2D eigenvalue weighted by atomic mass is 9.94. The minimum Gasteiger partial charge on any atom is -0.481 e. The largest absolute Gasteiger partial charge is 0.481 e. The smallest absolute Gasteiger partial charge is 0.307 e. The van der Waals surface area contributed by atoms with Crippen molar-refractivity contribution in [1.82, 2.24) is 4.90 Å². The molecule has 0 bridgehead atoms. The molecular weight excluding hydrogens is 246 g/mol. The first-order valence-electron chi connectivity index (χ1n) is 7.17. The number of hydrogen-bond acceptors (Lipinski definition) is 3. The van der Waals surface area contributed by atoms with E-state index >= 15 is 0 Å². The van der Waals surface area contributed by atoms with Gasteiger partial charge in [-0.25, -0.2) is 0 Å². The molecule has 0 aliphatic heterocycles. The number of hydrogen-bond donors (Lipinski definition) is 2. The number of aliphatic hydroxyl groups excluding tert-OH is 1. The molecule has 0 aromatic heterocycles. The van der Waals surface area contributed by atoms with Crippen molar-refractivity contribution in [3.8, 4) is 0 Å². The third-order valence-electron chi connectivity index (χ3n) is 4.05. The number of carboxylic acid groups (broad SMARTS) is 1. The molecule has 0 saturated heterocycles. The zero-order valence-corrected chi connectivity index (χ0v) is 11.8. The summed E-state index contributed by atoms with van der Waals surface area (Å²) in [6, 6.07) is 0. The van der Waals surface area contributed by atoms with Crippen LogP contribution in [0, 0.1) is 17.8 Å². The Morgan fingerprint density at radius 3 is 2.26 bits per heavy atom. The van der Waals surface area contributed by atoms with Gasteiger partial charge in [0.25, 0.3) is 0 Å². The normalized spacial score (nSPS) is 26.4. The van der Waals surface area contributed by atoms with Crippen molar-refractivity contribution in [3.05, 3.63) is 0 Å². The Labute approximate surface area is 114 Å². The molecule has 0 aromatic rings. The molecule has 19 heavy (non-hydrogen) atoms. The van der Waals surface area contributed by atoms with Gasteiger partial charge in [-0.05, 0) is 25.2 Å². The monoisotopic (exact) mass is 271 g/mol. The third kappa shape index (κ3) is 3.93. The average Bonchev–Trinajstić information content (AvgIpc) is 2.82. The highest BCUT2D eigenvalue weighted by Crippen LogP contribution is 2.39.